The molecule has 90 valence electrons. The highest BCUT2D eigenvalue weighted by molar-refractivity contribution is 7.11. The molecule has 0 bridgehead atoms. The average molecular weight is 268 g/mol. The SMILES string of the molecule is CCc1cnc(CNc2cc(Cl)ccc2N)s1. The Kier molecular flexibility index (Phi) is 3.86. The first kappa shape index (κ1) is 12.2. The Morgan fingerprint density at radius 2 is 2.29 bits per heavy atom. The molecule has 0 aliphatic carbocycles. The largest absolute Gasteiger partial charge is 0.397 e. The zero-order chi connectivity index (χ0) is 12.3. The van der Waals surface area contributed by atoms with Gasteiger partial charge in [0.2, 0.25) is 0 Å². The van der Waals surface area contributed by atoms with Gasteiger partial charge >= 0.3 is 0 Å². The van der Waals surface area contributed by atoms with E-state index in [1.54, 1.807) is 23.5 Å². The maximum absolute atomic E-state index is 5.92. The number of halogens is 1. The van der Waals surface area contributed by atoms with E-state index in [9.17, 15) is 0 Å². The second-order valence-electron chi connectivity index (χ2n) is 3.66. The fourth-order valence-corrected chi connectivity index (χ4v) is 2.42. The molecule has 3 N–H and O–H groups in total. The first-order valence-corrected chi connectivity index (χ1v) is 6.61. The zero-order valence-corrected chi connectivity index (χ0v) is 11.1. The number of rotatable bonds is 4. The van der Waals surface area contributed by atoms with Gasteiger partial charge in [-0.05, 0) is 24.6 Å². The van der Waals surface area contributed by atoms with Gasteiger partial charge in [0.25, 0.3) is 0 Å². The molecule has 1 aromatic heterocycles. The molecule has 5 heteroatoms. The first-order valence-electron chi connectivity index (χ1n) is 5.41. The van der Waals surface area contributed by atoms with Gasteiger partial charge in [-0.15, -0.1) is 11.3 Å². The third-order valence-electron chi connectivity index (χ3n) is 2.40. The van der Waals surface area contributed by atoms with E-state index in [0.29, 0.717) is 17.3 Å². The van der Waals surface area contributed by atoms with Crippen molar-refractivity contribution in [3.63, 3.8) is 0 Å². The lowest BCUT2D eigenvalue weighted by atomic mass is 10.2. The van der Waals surface area contributed by atoms with Crippen molar-refractivity contribution >= 4 is 34.3 Å². The predicted molar refractivity (Wildman–Crippen MR) is 74.7 cm³/mol. The number of thiazole rings is 1. The lowest BCUT2D eigenvalue weighted by Gasteiger charge is -2.07. The van der Waals surface area contributed by atoms with Crippen LogP contribution in [0.25, 0.3) is 0 Å². The van der Waals surface area contributed by atoms with E-state index in [1.165, 1.54) is 4.88 Å². The minimum Gasteiger partial charge on any atom is -0.397 e. The molecular weight excluding hydrogens is 254 g/mol. The molecule has 0 aliphatic rings. The van der Waals surface area contributed by atoms with E-state index >= 15 is 0 Å². The molecule has 1 heterocycles. The van der Waals surface area contributed by atoms with E-state index in [4.69, 9.17) is 17.3 Å². The summed E-state index contributed by atoms with van der Waals surface area (Å²) in [5, 5.41) is 4.98. The second-order valence-corrected chi connectivity index (χ2v) is 5.30. The van der Waals surface area contributed by atoms with Crippen LogP contribution < -0.4 is 11.1 Å². The third-order valence-corrected chi connectivity index (χ3v) is 3.77. The smallest absolute Gasteiger partial charge is 0.112 e. The number of benzene rings is 1. The first-order chi connectivity index (χ1) is 8.19. The van der Waals surface area contributed by atoms with Crippen LogP contribution in [0.15, 0.2) is 24.4 Å². The minimum atomic E-state index is 0.676. The number of anilines is 2. The summed E-state index contributed by atoms with van der Waals surface area (Å²) in [6.07, 6.45) is 2.94. The molecule has 0 saturated carbocycles. The van der Waals surface area contributed by atoms with E-state index in [-0.39, 0.29) is 0 Å². The van der Waals surface area contributed by atoms with E-state index in [2.05, 4.69) is 17.2 Å². The fraction of sp³-hybridized carbons (Fsp3) is 0.250. The molecule has 2 rings (SSSR count). The number of hydrogen-bond donors (Lipinski definition) is 2. The Morgan fingerprint density at radius 3 is 3.00 bits per heavy atom. The molecule has 3 nitrogen and oxygen atoms in total. The van der Waals surface area contributed by atoms with Crippen molar-refractivity contribution in [1.29, 1.82) is 0 Å². The molecule has 0 amide bonds. The summed E-state index contributed by atoms with van der Waals surface area (Å²) in [7, 11) is 0. The molecule has 1 aromatic carbocycles. The van der Waals surface area contributed by atoms with Crippen molar-refractivity contribution < 1.29 is 0 Å². The molecule has 2 aromatic rings. The Balaban J connectivity index is 2.04. The molecule has 0 radical (unpaired) electrons. The maximum atomic E-state index is 5.92. The van der Waals surface area contributed by atoms with Crippen molar-refractivity contribution in [3.05, 3.63) is 39.3 Å². The summed E-state index contributed by atoms with van der Waals surface area (Å²) >= 11 is 7.63. The Labute approximate surface area is 110 Å². The molecule has 0 aliphatic heterocycles. The van der Waals surface area contributed by atoms with Crippen molar-refractivity contribution in [2.45, 2.75) is 19.9 Å². The van der Waals surface area contributed by atoms with Gasteiger partial charge in [0.05, 0.1) is 17.9 Å². The van der Waals surface area contributed by atoms with Gasteiger partial charge < -0.3 is 11.1 Å². The molecule has 0 atom stereocenters. The Bertz CT molecular complexity index is 510. The summed E-state index contributed by atoms with van der Waals surface area (Å²) < 4.78 is 0. The highest BCUT2D eigenvalue weighted by atomic mass is 35.5. The van der Waals surface area contributed by atoms with Crippen LogP contribution in [-0.4, -0.2) is 4.98 Å². The van der Waals surface area contributed by atoms with Crippen LogP contribution in [-0.2, 0) is 13.0 Å². The quantitative estimate of drug-likeness (QED) is 0.833. The molecule has 0 saturated heterocycles. The van der Waals surface area contributed by atoms with E-state index < -0.39 is 0 Å². The van der Waals surface area contributed by atoms with Gasteiger partial charge in [-0.3, -0.25) is 0 Å². The maximum Gasteiger partial charge on any atom is 0.112 e. The Hall–Kier alpha value is -1.26. The zero-order valence-electron chi connectivity index (χ0n) is 9.53. The van der Waals surface area contributed by atoms with Crippen LogP contribution in [0.2, 0.25) is 5.02 Å². The predicted octanol–water partition coefficient (Wildman–Crippen LogP) is 3.55. The number of nitrogens with one attached hydrogen (secondary N) is 1. The summed E-state index contributed by atoms with van der Waals surface area (Å²) in [5.74, 6) is 0. The average Bonchev–Trinajstić information content (AvgIpc) is 2.78. The van der Waals surface area contributed by atoms with Gasteiger partial charge in [-0.25, -0.2) is 4.98 Å². The summed E-state index contributed by atoms with van der Waals surface area (Å²) in [6, 6.07) is 5.40. The van der Waals surface area contributed by atoms with Crippen LogP contribution >= 0.6 is 22.9 Å². The van der Waals surface area contributed by atoms with Crippen LogP contribution in [0, 0.1) is 0 Å². The normalized spacial score (nSPS) is 10.5. The van der Waals surface area contributed by atoms with Gasteiger partial charge in [0, 0.05) is 16.1 Å². The number of nitrogen functional groups attached to an aromatic ring is 1. The van der Waals surface area contributed by atoms with Gasteiger partial charge in [0.15, 0.2) is 0 Å². The topological polar surface area (TPSA) is 50.9 Å². The van der Waals surface area contributed by atoms with E-state index in [0.717, 1.165) is 17.1 Å². The van der Waals surface area contributed by atoms with Crippen LogP contribution in [0.4, 0.5) is 11.4 Å². The summed E-state index contributed by atoms with van der Waals surface area (Å²) in [5.41, 5.74) is 7.40. The number of nitrogens with zero attached hydrogens (tertiary/aromatic N) is 1. The third kappa shape index (κ3) is 3.11. The molecule has 0 fully saturated rings. The van der Waals surface area contributed by atoms with Crippen molar-refractivity contribution in [3.8, 4) is 0 Å². The van der Waals surface area contributed by atoms with Crippen molar-refractivity contribution in [2.75, 3.05) is 11.1 Å². The molecule has 0 spiro atoms. The molecule has 0 unspecified atom stereocenters. The lowest BCUT2D eigenvalue weighted by molar-refractivity contribution is 1.09. The minimum absolute atomic E-state index is 0.676. The number of aryl methyl sites for hydroxylation is 1. The summed E-state index contributed by atoms with van der Waals surface area (Å²) in [4.78, 5) is 5.63. The van der Waals surface area contributed by atoms with Gasteiger partial charge in [-0.2, -0.15) is 0 Å². The number of nitrogens with two attached hydrogens (primary N) is 1. The van der Waals surface area contributed by atoms with Crippen LogP contribution in [0.5, 0.6) is 0 Å². The fourth-order valence-electron chi connectivity index (χ4n) is 1.45. The summed E-state index contributed by atoms with van der Waals surface area (Å²) in [6.45, 7) is 2.80. The van der Waals surface area contributed by atoms with Crippen molar-refractivity contribution in [2.24, 2.45) is 0 Å². The molecule has 17 heavy (non-hydrogen) atoms. The highest BCUT2D eigenvalue weighted by Gasteiger charge is 2.03. The Morgan fingerprint density at radius 1 is 1.47 bits per heavy atom. The van der Waals surface area contributed by atoms with E-state index in [1.807, 2.05) is 12.3 Å². The number of hydrogen-bond acceptors (Lipinski definition) is 4. The second kappa shape index (κ2) is 5.38. The van der Waals surface area contributed by atoms with Gasteiger partial charge in [-0.1, -0.05) is 18.5 Å². The van der Waals surface area contributed by atoms with Crippen LogP contribution in [0.3, 0.4) is 0 Å². The van der Waals surface area contributed by atoms with Crippen molar-refractivity contribution in [1.82, 2.24) is 4.98 Å². The monoisotopic (exact) mass is 267 g/mol. The lowest BCUT2D eigenvalue weighted by Crippen LogP contribution is -2.01. The number of aromatic nitrogens is 1. The highest BCUT2D eigenvalue weighted by Crippen LogP contribution is 2.24. The van der Waals surface area contributed by atoms with Gasteiger partial charge in [0.1, 0.15) is 5.01 Å². The standard InChI is InChI=1S/C12H14ClN3S/c1-2-9-6-16-12(17-9)7-15-11-5-8(13)3-4-10(11)14/h3-6,15H,2,7,14H2,1H3. The molecular formula is C12H14ClN3S. The van der Waals surface area contributed by atoms with Crippen LogP contribution in [0.1, 0.15) is 16.8 Å².